The number of nitrogens with zero attached hydrogens (tertiary/aromatic N) is 6. The van der Waals surface area contributed by atoms with Crippen molar-refractivity contribution in [2.45, 2.75) is 26.2 Å². The SMILES string of the molecule is CCOc1ccccc1C(=O)N=NC([SiH3])(N=NC(=O)c1ccccc1OCC)N=NC(=O)c1ccccc1OCC. The Kier molecular flexibility index (Phi) is 11.2. The average Bonchev–Trinajstić information content (AvgIpc) is 2.99. The van der Waals surface area contributed by atoms with Gasteiger partial charge in [0.1, 0.15) is 27.5 Å². The van der Waals surface area contributed by atoms with Crippen LogP contribution >= 0.6 is 0 Å². The number of ether oxygens (including phenoxy) is 3. The van der Waals surface area contributed by atoms with E-state index in [1.807, 2.05) is 0 Å². The minimum absolute atomic E-state index is 0.0606. The highest BCUT2D eigenvalue weighted by molar-refractivity contribution is 6.15. The monoisotopic (exact) mass is 574 g/mol. The van der Waals surface area contributed by atoms with Crippen molar-refractivity contribution in [3.63, 3.8) is 0 Å². The molecule has 0 aromatic heterocycles. The van der Waals surface area contributed by atoms with Gasteiger partial charge in [-0.25, -0.2) is 0 Å². The van der Waals surface area contributed by atoms with Gasteiger partial charge in [0.15, 0.2) is 0 Å². The van der Waals surface area contributed by atoms with E-state index in [2.05, 4.69) is 30.7 Å². The fourth-order valence-electron chi connectivity index (χ4n) is 3.42. The summed E-state index contributed by atoms with van der Waals surface area (Å²) >= 11 is 0. The molecule has 0 saturated carbocycles. The number of carbonyl (C=O) groups excluding carboxylic acids is 3. The number of para-hydroxylation sites is 3. The number of azo groups is 3. The van der Waals surface area contributed by atoms with Gasteiger partial charge >= 0.3 is 0 Å². The van der Waals surface area contributed by atoms with Gasteiger partial charge in [0.2, 0.25) is 0 Å². The van der Waals surface area contributed by atoms with E-state index in [-0.39, 0.29) is 26.9 Å². The Bertz CT molecular complexity index is 1300. The van der Waals surface area contributed by atoms with E-state index in [0.29, 0.717) is 37.1 Å². The summed E-state index contributed by atoms with van der Waals surface area (Å²) < 4.78 is 16.5. The van der Waals surface area contributed by atoms with Crippen LogP contribution in [-0.2, 0) is 0 Å². The normalized spacial score (nSPS) is 13.0. The van der Waals surface area contributed by atoms with E-state index in [4.69, 9.17) is 14.2 Å². The Labute approximate surface area is 240 Å². The predicted octanol–water partition coefficient (Wildman–Crippen LogP) is 5.04. The maximum absolute atomic E-state index is 12.9. The number of carbonyl (C=O) groups is 3. The third kappa shape index (κ3) is 8.53. The van der Waals surface area contributed by atoms with Gasteiger partial charge in [-0.1, -0.05) is 36.4 Å². The van der Waals surface area contributed by atoms with Crippen molar-refractivity contribution in [3.05, 3.63) is 89.5 Å². The molecule has 3 aromatic carbocycles. The van der Waals surface area contributed by atoms with Crippen molar-refractivity contribution in [1.29, 1.82) is 0 Å². The lowest BCUT2D eigenvalue weighted by molar-refractivity contribution is 0.0985. The van der Waals surface area contributed by atoms with Crippen molar-refractivity contribution in [3.8, 4) is 17.2 Å². The molecule has 0 aliphatic heterocycles. The van der Waals surface area contributed by atoms with E-state index >= 15 is 0 Å². The highest BCUT2D eigenvalue weighted by atomic mass is 28.1. The molecule has 0 bridgehead atoms. The quantitative estimate of drug-likeness (QED) is 0.218. The Balaban J connectivity index is 1.97. The van der Waals surface area contributed by atoms with Crippen LogP contribution in [0.2, 0.25) is 0 Å². The maximum atomic E-state index is 12.9. The third-order valence-electron chi connectivity index (χ3n) is 5.24. The van der Waals surface area contributed by atoms with Gasteiger partial charge in [-0.15, -0.1) is 30.7 Å². The Morgan fingerprint density at radius 3 is 1.10 bits per heavy atom. The molecule has 0 aliphatic rings. The zero-order valence-electron chi connectivity index (χ0n) is 23.2. The summed E-state index contributed by atoms with van der Waals surface area (Å²) in [6, 6.07) is 19.6. The molecule has 0 radical (unpaired) electrons. The van der Waals surface area contributed by atoms with Crippen molar-refractivity contribution < 1.29 is 28.6 Å². The van der Waals surface area contributed by atoms with Crippen LogP contribution in [0.3, 0.4) is 0 Å². The Hall–Kier alpha value is -4.91. The zero-order valence-corrected chi connectivity index (χ0v) is 25.2. The summed E-state index contributed by atoms with van der Waals surface area (Å²) in [5, 5.41) is 23.2. The number of benzene rings is 3. The first-order valence-corrected chi connectivity index (χ1v) is 13.9. The van der Waals surface area contributed by atoms with Gasteiger partial charge in [0.25, 0.3) is 23.1 Å². The van der Waals surface area contributed by atoms with E-state index in [0.717, 1.165) is 0 Å². The van der Waals surface area contributed by atoms with Gasteiger partial charge in [-0.3, -0.25) is 14.4 Å². The molecule has 41 heavy (non-hydrogen) atoms. The summed E-state index contributed by atoms with van der Waals surface area (Å²) in [6.07, 6.45) is 0. The molecule has 3 amide bonds. The standard InChI is InChI=1S/C28H30N6O6Si/c1-4-38-22-16-10-7-13-19(22)25(35)29-32-28(41,33-30-26(36)20-14-8-11-17-23(20)39-5-2)34-31-27(37)21-15-9-12-18-24(21)40-6-3/h7-18H,4-6H2,1-3,41H3. The van der Waals surface area contributed by atoms with Crippen molar-refractivity contribution in [1.82, 2.24) is 0 Å². The maximum Gasteiger partial charge on any atom is 0.298 e. The molecule has 3 aromatic rings. The van der Waals surface area contributed by atoms with Crippen LogP contribution < -0.4 is 14.2 Å². The predicted molar refractivity (Wildman–Crippen MR) is 153 cm³/mol. The smallest absolute Gasteiger partial charge is 0.298 e. The minimum Gasteiger partial charge on any atom is -0.493 e. The zero-order chi connectivity index (χ0) is 29.7. The Morgan fingerprint density at radius 1 is 0.561 bits per heavy atom. The molecule has 0 spiro atoms. The van der Waals surface area contributed by atoms with Crippen LogP contribution in [0.1, 0.15) is 51.8 Å². The number of amides is 3. The van der Waals surface area contributed by atoms with Gasteiger partial charge in [0.05, 0.1) is 36.5 Å². The second-order valence-corrected chi connectivity index (χ2v) is 9.62. The lowest BCUT2D eigenvalue weighted by Crippen LogP contribution is -2.21. The first kappa shape index (κ1) is 30.6. The molecule has 13 heteroatoms. The number of hydrogen-bond acceptors (Lipinski definition) is 9. The van der Waals surface area contributed by atoms with Crippen LogP contribution in [0, 0.1) is 0 Å². The molecule has 212 valence electrons. The van der Waals surface area contributed by atoms with Gasteiger partial charge < -0.3 is 14.2 Å². The lowest BCUT2D eigenvalue weighted by Gasteiger charge is -2.12. The molecule has 0 N–H and O–H groups in total. The average molecular weight is 575 g/mol. The van der Waals surface area contributed by atoms with Crippen molar-refractivity contribution >= 4 is 28.0 Å². The van der Waals surface area contributed by atoms with Crippen LogP contribution in [-0.4, -0.2) is 53.2 Å². The summed E-state index contributed by atoms with van der Waals surface area (Å²) in [6.45, 7) is 6.37. The second kappa shape index (κ2) is 15.0. The van der Waals surface area contributed by atoms with Gasteiger partial charge in [-0.05, 0) is 57.2 Å². The molecule has 3 rings (SSSR count). The van der Waals surface area contributed by atoms with Crippen LogP contribution in [0.25, 0.3) is 0 Å². The summed E-state index contributed by atoms with van der Waals surface area (Å²) in [5.74, 6) is -1.23. The van der Waals surface area contributed by atoms with Crippen LogP contribution in [0.5, 0.6) is 17.2 Å². The molecule has 0 atom stereocenters. The van der Waals surface area contributed by atoms with E-state index in [9.17, 15) is 14.4 Å². The van der Waals surface area contributed by atoms with Crippen LogP contribution in [0.4, 0.5) is 0 Å². The van der Waals surface area contributed by atoms with Gasteiger partial charge in [0, 0.05) is 0 Å². The fraction of sp³-hybridized carbons (Fsp3) is 0.250. The molecule has 0 heterocycles. The van der Waals surface area contributed by atoms with Gasteiger partial charge in [-0.2, -0.15) is 0 Å². The topological polar surface area (TPSA) is 153 Å². The van der Waals surface area contributed by atoms with E-state index in [1.165, 1.54) is 18.2 Å². The Morgan fingerprint density at radius 2 is 0.829 bits per heavy atom. The van der Waals surface area contributed by atoms with E-state index < -0.39 is 23.1 Å². The number of rotatable bonds is 12. The lowest BCUT2D eigenvalue weighted by atomic mass is 10.2. The minimum atomic E-state index is -1.91. The summed E-state index contributed by atoms with van der Waals surface area (Å²) in [7, 11) is -0.0606. The highest BCUT2D eigenvalue weighted by Crippen LogP contribution is 2.24. The van der Waals surface area contributed by atoms with Crippen LogP contribution in [0.15, 0.2) is 103 Å². The van der Waals surface area contributed by atoms with Crippen molar-refractivity contribution in [2.24, 2.45) is 30.7 Å². The highest BCUT2D eigenvalue weighted by Gasteiger charge is 2.26. The third-order valence-corrected chi connectivity index (χ3v) is 5.84. The first-order valence-electron chi connectivity index (χ1n) is 12.9. The molecule has 12 nitrogen and oxygen atoms in total. The molecular weight excluding hydrogens is 544 g/mol. The summed E-state index contributed by atoms with van der Waals surface area (Å²) in [4.78, 5) is 38.7. The van der Waals surface area contributed by atoms with E-state index in [1.54, 1.807) is 75.4 Å². The molecule has 0 aliphatic carbocycles. The fourth-order valence-corrected chi connectivity index (χ4v) is 3.72. The molecule has 0 unspecified atom stereocenters. The summed E-state index contributed by atoms with van der Waals surface area (Å²) in [5.41, 5.74) is -1.42. The number of hydrogen-bond donors (Lipinski definition) is 0. The largest absolute Gasteiger partial charge is 0.493 e. The first-order chi connectivity index (χ1) is 19.8. The van der Waals surface area contributed by atoms with Crippen molar-refractivity contribution in [2.75, 3.05) is 19.8 Å². The molecule has 0 fully saturated rings. The second-order valence-electron chi connectivity index (χ2n) is 8.27. The molecular formula is C28H30N6O6Si. The molecule has 0 saturated heterocycles.